The van der Waals surface area contributed by atoms with Crippen molar-refractivity contribution in [3.63, 3.8) is 0 Å². The number of hydrogen-bond donors (Lipinski definition) is 2. The highest BCUT2D eigenvalue weighted by Crippen LogP contribution is 2.38. The van der Waals surface area contributed by atoms with Crippen molar-refractivity contribution in [2.45, 2.75) is 33.1 Å². The van der Waals surface area contributed by atoms with Gasteiger partial charge in [-0.25, -0.2) is 4.79 Å². The summed E-state index contributed by atoms with van der Waals surface area (Å²) in [5.41, 5.74) is 2.08. The maximum atomic E-state index is 12.9. The zero-order chi connectivity index (χ0) is 18.9. The molecule has 3 rings (SSSR count). The number of aliphatic carboxylic acids is 1. The van der Waals surface area contributed by atoms with E-state index in [-0.39, 0.29) is 17.2 Å². The molecule has 2 aliphatic heterocycles. The highest BCUT2D eigenvalue weighted by atomic mass is 16.5. The van der Waals surface area contributed by atoms with E-state index in [4.69, 9.17) is 9.84 Å². The minimum Gasteiger partial charge on any atom is -0.481 e. The second kappa shape index (κ2) is 6.97. The fourth-order valence-corrected chi connectivity index (χ4v) is 3.91. The second-order valence-electron chi connectivity index (χ2n) is 7.37. The summed E-state index contributed by atoms with van der Waals surface area (Å²) >= 11 is 0. The third-order valence-corrected chi connectivity index (χ3v) is 5.35. The van der Waals surface area contributed by atoms with E-state index in [1.807, 2.05) is 18.7 Å². The fourth-order valence-electron chi connectivity index (χ4n) is 3.91. The lowest BCUT2D eigenvalue weighted by atomic mass is 9.77. The Balaban J connectivity index is 1.68. The lowest BCUT2D eigenvalue weighted by Crippen LogP contribution is -2.44. The van der Waals surface area contributed by atoms with Crippen molar-refractivity contribution in [2.24, 2.45) is 5.41 Å². The van der Waals surface area contributed by atoms with Gasteiger partial charge in [-0.2, -0.15) is 0 Å². The lowest BCUT2D eigenvalue weighted by Gasteiger charge is -2.38. The summed E-state index contributed by atoms with van der Waals surface area (Å²) in [6.45, 7) is 5.20. The molecule has 2 aliphatic rings. The van der Waals surface area contributed by atoms with Crippen LogP contribution in [0.1, 0.15) is 40.7 Å². The predicted octanol–water partition coefficient (Wildman–Crippen LogP) is 1.51. The van der Waals surface area contributed by atoms with E-state index in [1.54, 1.807) is 12.1 Å². The van der Waals surface area contributed by atoms with E-state index in [9.17, 15) is 14.4 Å². The van der Waals surface area contributed by atoms with Crippen LogP contribution in [-0.2, 0) is 9.59 Å². The van der Waals surface area contributed by atoms with Gasteiger partial charge in [0.2, 0.25) is 5.91 Å². The van der Waals surface area contributed by atoms with Crippen LogP contribution in [-0.4, -0.2) is 54.0 Å². The number of rotatable bonds is 4. The van der Waals surface area contributed by atoms with Gasteiger partial charge in [-0.1, -0.05) is 0 Å². The average Bonchev–Trinajstić information content (AvgIpc) is 2.94. The number of aryl methyl sites for hydroxylation is 2. The fraction of sp³-hybridized carbons (Fsp3) is 0.526. The molecule has 2 N–H and O–H groups in total. The number of carbonyl (C=O) groups excluding carboxylic acids is 2. The molecular weight excluding hydrogens is 336 g/mol. The molecule has 0 radical (unpaired) electrons. The normalized spacial score (nSPS) is 18.7. The van der Waals surface area contributed by atoms with E-state index in [0.29, 0.717) is 37.4 Å². The van der Waals surface area contributed by atoms with Crippen molar-refractivity contribution in [1.82, 2.24) is 10.2 Å². The first kappa shape index (κ1) is 18.2. The van der Waals surface area contributed by atoms with E-state index in [1.165, 1.54) is 0 Å². The first-order valence-electron chi connectivity index (χ1n) is 8.81. The van der Waals surface area contributed by atoms with Gasteiger partial charge in [0.25, 0.3) is 5.91 Å². The number of carboxylic acids is 1. The van der Waals surface area contributed by atoms with Crippen molar-refractivity contribution in [3.8, 4) is 5.75 Å². The largest absolute Gasteiger partial charge is 0.481 e. The summed E-state index contributed by atoms with van der Waals surface area (Å²) in [5, 5.41) is 11.7. The van der Waals surface area contributed by atoms with Crippen molar-refractivity contribution in [1.29, 1.82) is 0 Å². The van der Waals surface area contributed by atoms with Gasteiger partial charge in [0.1, 0.15) is 5.75 Å². The Morgan fingerprint density at radius 3 is 2.35 bits per heavy atom. The molecule has 140 valence electrons. The molecule has 1 aromatic rings. The molecule has 0 aromatic heterocycles. The number of piperidine rings is 1. The summed E-state index contributed by atoms with van der Waals surface area (Å²) in [5.74, 6) is -0.454. The molecule has 0 atom stereocenters. The summed E-state index contributed by atoms with van der Waals surface area (Å²) in [6, 6.07) is 3.50. The van der Waals surface area contributed by atoms with Crippen LogP contribution in [0.5, 0.6) is 5.75 Å². The van der Waals surface area contributed by atoms with E-state index < -0.39 is 12.6 Å². The Labute approximate surface area is 152 Å². The van der Waals surface area contributed by atoms with Gasteiger partial charge >= 0.3 is 5.97 Å². The number of nitrogens with one attached hydrogen (secondary N) is 1. The highest BCUT2D eigenvalue weighted by Gasteiger charge is 2.41. The Bertz CT molecular complexity index is 727. The number of likely N-dealkylation sites (tertiary alicyclic amines) is 1. The van der Waals surface area contributed by atoms with E-state index in [2.05, 4.69) is 5.32 Å². The van der Waals surface area contributed by atoms with Crippen LogP contribution in [0.25, 0.3) is 0 Å². The molecule has 7 nitrogen and oxygen atoms in total. The van der Waals surface area contributed by atoms with Gasteiger partial charge in [0.05, 0.1) is 0 Å². The quantitative estimate of drug-likeness (QED) is 0.848. The number of ether oxygens (including phenoxy) is 1. The van der Waals surface area contributed by atoms with Gasteiger partial charge in [-0.3, -0.25) is 9.59 Å². The number of benzene rings is 1. The van der Waals surface area contributed by atoms with Crippen LogP contribution < -0.4 is 10.1 Å². The van der Waals surface area contributed by atoms with E-state index in [0.717, 1.165) is 24.0 Å². The van der Waals surface area contributed by atoms with Crippen molar-refractivity contribution < 1.29 is 24.2 Å². The van der Waals surface area contributed by atoms with E-state index >= 15 is 0 Å². The zero-order valence-corrected chi connectivity index (χ0v) is 15.1. The van der Waals surface area contributed by atoms with Gasteiger partial charge in [-0.15, -0.1) is 0 Å². The summed E-state index contributed by atoms with van der Waals surface area (Å²) in [7, 11) is 0. The standard InChI is InChI=1S/C19H24N2O5/c1-12-7-14(8-13(2)17(12)26-10-16(23)24)18(25)21-5-3-19(4-6-21)9-15(22)20-11-19/h7-8H,3-6,9-11H2,1-2H3,(H,20,22)(H,23,24). The van der Waals surface area contributed by atoms with Crippen LogP contribution in [0.15, 0.2) is 12.1 Å². The van der Waals surface area contributed by atoms with Gasteiger partial charge in [-0.05, 0) is 55.4 Å². The summed E-state index contributed by atoms with van der Waals surface area (Å²) < 4.78 is 5.32. The van der Waals surface area contributed by atoms with Crippen molar-refractivity contribution in [3.05, 3.63) is 28.8 Å². The maximum Gasteiger partial charge on any atom is 0.341 e. The number of amides is 2. The molecule has 7 heteroatoms. The molecule has 0 bridgehead atoms. The molecule has 0 aliphatic carbocycles. The molecule has 0 unspecified atom stereocenters. The highest BCUT2D eigenvalue weighted by molar-refractivity contribution is 5.95. The predicted molar refractivity (Wildman–Crippen MR) is 94.2 cm³/mol. The summed E-state index contributed by atoms with van der Waals surface area (Å²) in [4.78, 5) is 36.9. The number of nitrogens with zero attached hydrogens (tertiary/aromatic N) is 1. The second-order valence-corrected chi connectivity index (χ2v) is 7.37. The topological polar surface area (TPSA) is 95.9 Å². The zero-order valence-electron chi connectivity index (χ0n) is 15.1. The molecule has 1 aromatic carbocycles. The first-order chi connectivity index (χ1) is 12.3. The smallest absolute Gasteiger partial charge is 0.341 e. The Morgan fingerprint density at radius 1 is 1.23 bits per heavy atom. The van der Waals surface area contributed by atoms with Gasteiger partial charge in [0.15, 0.2) is 6.61 Å². The first-order valence-corrected chi connectivity index (χ1v) is 8.81. The number of carboxylic acid groups (broad SMARTS) is 1. The SMILES string of the molecule is Cc1cc(C(=O)N2CCC3(CC2)CNC(=O)C3)cc(C)c1OCC(=O)O. The van der Waals surface area contributed by atoms with Crippen LogP contribution in [0.4, 0.5) is 0 Å². The molecule has 1 spiro atoms. The monoisotopic (exact) mass is 360 g/mol. The lowest BCUT2D eigenvalue weighted by molar-refractivity contribution is -0.139. The maximum absolute atomic E-state index is 12.9. The van der Waals surface area contributed by atoms with Gasteiger partial charge < -0.3 is 20.1 Å². The molecule has 2 fully saturated rings. The molecule has 2 heterocycles. The van der Waals surface area contributed by atoms with Gasteiger partial charge in [0, 0.05) is 31.6 Å². The minimum absolute atomic E-state index is 0.00816. The van der Waals surface area contributed by atoms with Crippen LogP contribution in [0.2, 0.25) is 0 Å². The van der Waals surface area contributed by atoms with Crippen LogP contribution >= 0.6 is 0 Å². The Morgan fingerprint density at radius 2 is 1.85 bits per heavy atom. The van der Waals surface area contributed by atoms with Crippen molar-refractivity contribution in [2.75, 3.05) is 26.2 Å². The molecule has 26 heavy (non-hydrogen) atoms. The van der Waals surface area contributed by atoms with Crippen LogP contribution in [0.3, 0.4) is 0 Å². The average molecular weight is 360 g/mol. The minimum atomic E-state index is -1.04. The van der Waals surface area contributed by atoms with Crippen LogP contribution in [0, 0.1) is 19.3 Å². The Kier molecular flexibility index (Phi) is 4.89. The molecule has 2 amide bonds. The third kappa shape index (κ3) is 3.66. The Hall–Kier alpha value is -2.57. The number of hydrogen-bond acceptors (Lipinski definition) is 4. The molecule has 2 saturated heterocycles. The summed E-state index contributed by atoms with van der Waals surface area (Å²) in [6.07, 6.45) is 2.22. The number of carbonyl (C=O) groups is 3. The van der Waals surface area contributed by atoms with Crippen molar-refractivity contribution >= 4 is 17.8 Å². The molecule has 0 saturated carbocycles. The third-order valence-electron chi connectivity index (χ3n) is 5.35. The molecular formula is C19H24N2O5.